The number of rotatable bonds is 3. The third kappa shape index (κ3) is 3.72. The Labute approximate surface area is 249 Å². The Kier molecular flexibility index (Phi) is 5.27. The van der Waals surface area contributed by atoms with Crippen LogP contribution in [0.5, 0.6) is 0 Å². The van der Waals surface area contributed by atoms with E-state index in [-0.39, 0.29) is 0 Å². The van der Waals surface area contributed by atoms with Gasteiger partial charge in [-0.25, -0.2) is 0 Å². The van der Waals surface area contributed by atoms with Crippen LogP contribution in [-0.2, 0) is 0 Å². The summed E-state index contributed by atoms with van der Waals surface area (Å²) in [7, 11) is 0. The number of fused-ring (bicyclic) bond motifs is 6. The van der Waals surface area contributed by atoms with Crippen LogP contribution in [0.3, 0.4) is 0 Å². The molecular formula is C42H26O. The highest BCUT2D eigenvalue weighted by atomic mass is 16.3. The quantitative estimate of drug-likeness (QED) is 0.215. The predicted octanol–water partition coefficient (Wildman–Crippen LogP) is 12.0. The van der Waals surface area contributed by atoms with E-state index in [1.54, 1.807) is 0 Å². The second kappa shape index (κ2) is 9.44. The summed E-state index contributed by atoms with van der Waals surface area (Å²) in [5.41, 5.74) is 9.00. The first-order chi connectivity index (χ1) is 21.3. The van der Waals surface area contributed by atoms with Crippen molar-refractivity contribution in [3.05, 3.63) is 158 Å². The van der Waals surface area contributed by atoms with Gasteiger partial charge in [-0.15, -0.1) is 0 Å². The zero-order valence-corrected chi connectivity index (χ0v) is 23.4. The van der Waals surface area contributed by atoms with Gasteiger partial charge in [0, 0.05) is 21.9 Å². The maximum Gasteiger partial charge on any atom is 0.144 e. The lowest BCUT2D eigenvalue weighted by Crippen LogP contribution is -1.90. The van der Waals surface area contributed by atoms with Crippen LogP contribution in [0.15, 0.2) is 162 Å². The van der Waals surface area contributed by atoms with E-state index in [4.69, 9.17) is 4.42 Å². The summed E-state index contributed by atoms with van der Waals surface area (Å²) >= 11 is 0. The van der Waals surface area contributed by atoms with Crippen molar-refractivity contribution >= 4 is 54.3 Å². The van der Waals surface area contributed by atoms with Gasteiger partial charge >= 0.3 is 0 Å². The summed E-state index contributed by atoms with van der Waals surface area (Å²) in [6.45, 7) is 0. The van der Waals surface area contributed by atoms with Gasteiger partial charge in [0.25, 0.3) is 0 Å². The number of hydrogen-bond donors (Lipinski definition) is 0. The highest BCUT2D eigenvalue weighted by Crippen LogP contribution is 2.48. The lowest BCUT2D eigenvalue weighted by atomic mass is 9.87. The van der Waals surface area contributed by atoms with Crippen molar-refractivity contribution in [1.82, 2.24) is 0 Å². The third-order valence-electron chi connectivity index (χ3n) is 8.85. The van der Waals surface area contributed by atoms with Crippen LogP contribution in [0.2, 0.25) is 0 Å². The first-order valence-corrected chi connectivity index (χ1v) is 14.8. The van der Waals surface area contributed by atoms with E-state index in [1.165, 1.54) is 54.6 Å². The lowest BCUT2D eigenvalue weighted by Gasteiger charge is -2.15. The summed E-state index contributed by atoms with van der Waals surface area (Å²) in [6.07, 6.45) is 0. The van der Waals surface area contributed by atoms with Crippen LogP contribution in [0.1, 0.15) is 0 Å². The highest BCUT2D eigenvalue weighted by Gasteiger charge is 2.22. The zero-order chi connectivity index (χ0) is 28.3. The fraction of sp³-hybridized carbons (Fsp3) is 0. The maximum atomic E-state index is 6.76. The minimum Gasteiger partial charge on any atom is -0.455 e. The second-order valence-electron chi connectivity index (χ2n) is 11.3. The first kappa shape index (κ1) is 24.0. The van der Waals surface area contributed by atoms with Crippen molar-refractivity contribution in [2.45, 2.75) is 0 Å². The Morgan fingerprint density at radius 3 is 1.74 bits per heavy atom. The van der Waals surface area contributed by atoms with Crippen molar-refractivity contribution in [2.24, 2.45) is 0 Å². The van der Waals surface area contributed by atoms with Crippen molar-refractivity contribution in [1.29, 1.82) is 0 Å². The number of benzene rings is 8. The Hall–Kier alpha value is -5.66. The molecule has 0 saturated heterocycles. The van der Waals surface area contributed by atoms with Gasteiger partial charge in [-0.1, -0.05) is 146 Å². The molecule has 1 nitrogen and oxygen atoms in total. The molecule has 8 aromatic carbocycles. The Morgan fingerprint density at radius 1 is 0.349 bits per heavy atom. The van der Waals surface area contributed by atoms with E-state index < -0.39 is 0 Å². The summed E-state index contributed by atoms with van der Waals surface area (Å²) in [5.74, 6) is 0. The SMILES string of the molecule is c1ccc2cc(-c3c4ccccc4c(-c4ccc(-c5cccc6ccccc56)cc4)c4c3oc3ccccc34)ccc2c1. The number of hydrogen-bond acceptors (Lipinski definition) is 1. The first-order valence-electron chi connectivity index (χ1n) is 14.8. The fourth-order valence-corrected chi connectivity index (χ4v) is 6.87. The van der Waals surface area contributed by atoms with Crippen molar-refractivity contribution < 1.29 is 4.42 Å². The monoisotopic (exact) mass is 546 g/mol. The molecule has 0 aliphatic carbocycles. The highest BCUT2D eigenvalue weighted by molar-refractivity contribution is 6.26. The fourth-order valence-electron chi connectivity index (χ4n) is 6.87. The normalized spacial score (nSPS) is 11.7. The average Bonchev–Trinajstić information content (AvgIpc) is 3.46. The van der Waals surface area contributed by atoms with Gasteiger partial charge in [-0.2, -0.15) is 0 Å². The molecule has 0 atom stereocenters. The van der Waals surface area contributed by atoms with Crippen LogP contribution in [0, 0.1) is 0 Å². The topological polar surface area (TPSA) is 13.1 Å². The molecule has 0 saturated carbocycles. The van der Waals surface area contributed by atoms with E-state index in [9.17, 15) is 0 Å². The Morgan fingerprint density at radius 2 is 0.930 bits per heavy atom. The standard InChI is InChI=1S/C42H26O/c1-2-12-31-26-32(25-20-27(31)10-1)40-36-16-6-5-15-35(36)39(41-37-17-7-8-19-38(37)43-42(40)41)30-23-21-29(22-24-30)34-18-9-13-28-11-3-4-14-33(28)34/h1-26H. The van der Waals surface area contributed by atoms with Crippen molar-refractivity contribution in [3.63, 3.8) is 0 Å². The maximum absolute atomic E-state index is 6.76. The number of furan rings is 1. The minimum atomic E-state index is 0.906. The van der Waals surface area contributed by atoms with Crippen LogP contribution in [-0.4, -0.2) is 0 Å². The summed E-state index contributed by atoms with van der Waals surface area (Å²) < 4.78 is 6.76. The molecule has 43 heavy (non-hydrogen) atoms. The molecule has 0 unspecified atom stereocenters. The number of para-hydroxylation sites is 1. The Balaban J connectivity index is 1.34. The van der Waals surface area contributed by atoms with Gasteiger partial charge in [0.05, 0.1) is 0 Å². The summed E-state index contributed by atoms with van der Waals surface area (Å²) in [5, 5.41) is 9.70. The smallest absolute Gasteiger partial charge is 0.144 e. The van der Waals surface area contributed by atoms with Crippen LogP contribution in [0.4, 0.5) is 0 Å². The largest absolute Gasteiger partial charge is 0.455 e. The molecule has 0 aliphatic heterocycles. The third-order valence-corrected chi connectivity index (χ3v) is 8.85. The molecular weight excluding hydrogens is 520 g/mol. The molecule has 0 fully saturated rings. The van der Waals surface area contributed by atoms with Gasteiger partial charge in [-0.3, -0.25) is 0 Å². The van der Waals surface area contributed by atoms with Crippen molar-refractivity contribution in [3.8, 4) is 33.4 Å². The van der Waals surface area contributed by atoms with E-state index in [0.717, 1.165) is 33.1 Å². The zero-order valence-electron chi connectivity index (χ0n) is 23.4. The molecule has 9 aromatic rings. The summed E-state index contributed by atoms with van der Waals surface area (Å²) in [6, 6.07) is 56.7. The molecule has 0 aliphatic rings. The molecule has 0 amide bonds. The second-order valence-corrected chi connectivity index (χ2v) is 11.3. The van der Waals surface area contributed by atoms with E-state index in [2.05, 4.69) is 158 Å². The van der Waals surface area contributed by atoms with Gasteiger partial charge in [0.2, 0.25) is 0 Å². The van der Waals surface area contributed by atoms with E-state index in [1.807, 2.05) is 0 Å². The molecule has 0 radical (unpaired) electrons. The van der Waals surface area contributed by atoms with E-state index >= 15 is 0 Å². The molecule has 1 heteroatoms. The Bertz CT molecular complexity index is 2490. The lowest BCUT2D eigenvalue weighted by molar-refractivity contribution is 0.670. The minimum absolute atomic E-state index is 0.906. The molecule has 9 rings (SSSR count). The molecule has 0 bridgehead atoms. The van der Waals surface area contributed by atoms with Gasteiger partial charge in [0.15, 0.2) is 0 Å². The van der Waals surface area contributed by atoms with Gasteiger partial charge < -0.3 is 4.42 Å². The molecule has 0 spiro atoms. The van der Waals surface area contributed by atoms with Crippen LogP contribution >= 0.6 is 0 Å². The molecule has 1 aromatic heterocycles. The average molecular weight is 547 g/mol. The van der Waals surface area contributed by atoms with Gasteiger partial charge in [-0.05, 0) is 66.7 Å². The molecule has 200 valence electrons. The van der Waals surface area contributed by atoms with Crippen LogP contribution < -0.4 is 0 Å². The molecule has 0 N–H and O–H groups in total. The summed E-state index contributed by atoms with van der Waals surface area (Å²) in [4.78, 5) is 0. The molecule has 1 heterocycles. The van der Waals surface area contributed by atoms with Crippen LogP contribution in [0.25, 0.3) is 87.6 Å². The van der Waals surface area contributed by atoms with Crippen molar-refractivity contribution in [2.75, 3.05) is 0 Å². The predicted molar refractivity (Wildman–Crippen MR) is 183 cm³/mol. The van der Waals surface area contributed by atoms with Gasteiger partial charge in [0.1, 0.15) is 11.2 Å². The van der Waals surface area contributed by atoms with E-state index in [0.29, 0.717) is 0 Å².